The number of rotatable bonds is 1. The molecule has 1 atom stereocenters. The molecule has 0 radical (unpaired) electrons. The lowest BCUT2D eigenvalue weighted by molar-refractivity contribution is 0.353. The van der Waals surface area contributed by atoms with E-state index in [-0.39, 0.29) is 5.54 Å². The molecule has 3 rings (SSSR count). The molecule has 17 heavy (non-hydrogen) atoms. The highest BCUT2D eigenvalue weighted by Gasteiger charge is 2.27. The zero-order valence-electron chi connectivity index (χ0n) is 9.42. The van der Waals surface area contributed by atoms with Crippen LogP contribution < -0.4 is 0 Å². The van der Waals surface area contributed by atoms with Gasteiger partial charge in [-0.25, -0.2) is 4.98 Å². The molecule has 0 bridgehead atoms. The quantitative estimate of drug-likeness (QED) is 0.780. The van der Waals surface area contributed by atoms with Crippen LogP contribution >= 0.6 is 0 Å². The number of H-pyrrole nitrogens is 1. The first-order chi connectivity index (χ1) is 8.20. The van der Waals surface area contributed by atoms with Gasteiger partial charge in [0, 0.05) is 0 Å². The minimum atomic E-state index is -0.386. The van der Waals surface area contributed by atoms with E-state index in [4.69, 9.17) is 12.8 Å². The van der Waals surface area contributed by atoms with Crippen molar-refractivity contribution >= 4 is 23.8 Å². The summed E-state index contributed by atoms with van der Waals surface area (Å²) in [5, 5.41) is 0. The maximum absolute atomic E-state index is 5.35. The van der Waals surface area contributed by atoms with Gasteiger partial charge >= 0.3 is 0 Å². The summed E-state index contributed by atoms with van der Waals surface area (Å²) in [5.74, 6) is 0.870. The van der Waals surface area contributed by atoms with Gasteiger partial charge in [0.05, 0.1) is 16.6 Å². The van der Waals surface area contributed by atoms with E-state index >= 15 is 0 Å². The Hall–Kier alpha value is -1.68. The molecule has 0 fully saturated rings. The normalized spacial score (nSPS) is 23.5. The fourth-order valence-corrected chi connectivity index (χ4v) is 2.19. The van der Waals surface area contributed by atoms with Gasteiger partial charge in [-0.3, -0.25) is 0 Å². The van der Waals surface area contributed by atoms with Crippen LogP contribution in [-0.2, 0) is 18.4 Å². The maximum Gasteiger partial charge on any atom is 0.135 e. The van der Waals surface area contributed by atoms with Gasteiger partial charge in [-0.1, -0.05) is 24.3 Å². The van der Waals surface area contributed by atoms with Crippen molar-refractivity contribution in [2.24, 2.45) is 0 Å². The lowest BCUT2D eigenvalue weighted by Gasteiger charge is -2.45. The van der Waals surface area contributed by atoms with Crippen molar-refractivity contribution in [2.45, 2.75) is 12.5 Å². The number of fused-ring (bicyclic) bond motifs is 1. The van der Waals surface area contributed by atoms with E-state index < -0.39 is 0 Å². The number of hydrogen-bond acceptors (Lipinski definition) is 3. The van der Waals surface area contributed by atoms with Crippen molar-refractivity contribution in [2.75, 3.05) is 0 Å². The van der Waals surface area contributed by atoms with Crippen molar-refractivity contribution in [3.63, 3.8) is 0 Å². The number of aromatic amines is 1. The molecule has 1 N–H and O–H groups in total. The largest absolute Gasteiger partial charge is 0.666 e. The minimum Gasteiger partial charge on any atom is -0.666 e. The topological polar surface area (TPSA) is 31.9 Å². The summed E-state index contributed by atoms with van der Waals surface area (Å²) >= 11 is 5.35. The minimum absolute atomic E-state index is 0.386. The fraction of sp³-hybridized carbons (Fsp3) is 0.154. The van der Waals surface area contributed by atoms with Gasteiger partial charge in [-0.2, -0.15) is 0 Å². The van der Waals surface area contributed by atoms with Gasteiger partial charge in [-0.05, 0) is 31.3 Å². The van der Waals surface area contributed by atoms with E-state index in [1.165, 1.54) is 0 Å². The van der Waals surface area contributed by atoms with Crippen molar-refractivity contribution in [1.29, 1.82) is 0 Å². The number of imidazole rings is 1. The lowest BCUT2D eigenvalue weighted by atomic mass is 9.99. The summed E-state index contributed by atoms with van der Waals surface area (Å²) in [6.45, 7) is 2.05. The van der Waals surface area contributed by atoms with E-state index in [9.17, 15) is 0 Å². The Bertz CT molecular complexity index is 581. The van der Waals surface area contributed by atoms with E-state index in [2.05, 4.69) is 23.0 Å². The van der Waals surface area contributed by atoms with Crippen LogP contribution in [0.15, 0.2) is 48.7 Å². The third-order valence-electron chi connectivity index (χ3n) is 3.08. The highest BCUT2D eigenvalue weighted by molar-refractivity contribution is 7.56. The average molecular weight is 242 g/mol. The number of benzene rings is 1. The molecular formula is C13H12N3S-. The van der Waals surface area contributed by atoms with E-state index in [0.29, 0.717) is 0 Å². The molecule has 1 aromatic carbocycles. The second-order valence-electron chi connectivity index (χ2n) is 4.28. The summed E-state index contributed by atoms with van der Waals surface area (Å²) in [6, 6.07) is 7.99. The second kappa shape index (κ2) is 3.67. The predicted molar refractivity (Wildman–Crippen MR) is 70.9 cm³/mol. The molecule has 86 valence electrons. The molecule has 1 aliphatic rings. The summed E-state index contributed by atoms with van der Waals surface area (Å²) in [6.07, 6.45) is 7.85. The van der Waals surface area contributed by atoms with Crippen LogP contribution in [0.1, 0.15) is 12.7 Å². The van der Waals surface area contributed by atoms with Crippen molar-refractivity contribution in [3.8, 4) is 0 Å². The molecule has 0 amide bonds. The van der Waals surface area contributed by atoms with Gasteiger partial charge in [-0.15, -0.1) is 0 Å². The Morgan fingerprint density at radius 1 is 1.29 bits per heavy atom. The van der Waals surface area contributed by atoms with E-state index in [1.807, 2.05) is 42.6 Å². The molecule has 2 aromatic rings. The number of para-hydroxylation sites is 2. The van der Waals surface area contributed by atoms with Crippen LogP contribution in [0.2, 0.25) is 0 Å². The molecule has 4 heteroatoms. The Morgan fingerprint density at radius 3 is 2.88 bits per heavy atom. The SMILES string of the molecule is CC1(c2nc3ccccc3[nH]2)C=CC=CN1[S-]. The second-order valence-corrected chi connectivity index (χ2v) is 4.67. The van der Waals surface area contributed by atoms with Crippen LogP contribution in [-0.4, -0.2) is 14.3 Å². The maximum atomic E-state index is 5.35. The van der Waals surface area contributed by atoms with Crippen LogP contribution in [0.25, 0.3) is 11.0 Å². The summed E-state index contributed by atoms with van der Waals surface area (Å²) in [7, 11) is 0. The van der Waals surface area contributed by atoms with E-state index in [1.54, 1.807) is 4.31 Å². The van der Waals surface area contributed by atoms with Gasteiger partial charge in [0.2, 0.25) is 0 Å². The molecule has 0 spiro atoms. The average Bonchev–Trinajstić information content (AvgIpc) is 2.77. The highest BCUT2D eigenvalue weighted by atomic mass is 32.1. The fourth-order valence-electron chi connectivity index (χ4n) is 1.97. The standard InChI is InChI=1S/C13H12N3S/c1-13(8-4-5-9-16(13)17)12-14-10-6-2-3-7-11(10)15-12/h2-9H,1H3,(H,14,15)/q-1. The molecular weight excluding hydrogens is 230 g/mol. The Kier molecular flexibility index (Phi) is 2.26. The highest BCUT2D eigenvalue weighted by Crippen LogP contribution is 2.30. The Balaban J connectivity index is 2.14. The summed E-state index contributed by atoms with van der Waals surface area (Å²) in [4.78, 5) is 7.94. The van der Waals surface area contributed by atoms with Crippen LogP contribution in [0, 0.1) is 0 Å². The van der Waals surface area contributed by atoms with Crippen molar-refractivity contribution < 1.29 is 0 Å². The number of nitrogens with zero attached hydrogens (tertiary/aromatic N) is 2. The van der Waals surface area contributed by atoms with Gasteiger partial charge in [0.1, 0.15) is 5.82 Å². The summed E-state index contributed by atoms with van der Waals surface area (Å²) in [5.41, 5.74) is 1.62. The zero-order valence-corrected chi connectivity index (χ0v) is 10.2. The Labute approximate surface area is 105 Å². The first-order valence-corrected chi connectivity index (χ1v) is 5.84. The third kappa shape index (κ3) is 1.56. The molecule has 3 nitrogen and oxygen atoms in total. The monoisotopic (exact) mass is 242 g/mol. The number of nitrogens with one attached hydrogen (secondary N) is 1. The zero-order chi connectivity index (χ0) is 11.9. The molecule has 0 aliphatic carbocycles. The molecule has 1 unspecified atom stereocenters. The number of allylic oxidation sites excluding steroid dienone is 2. The van der Waals surface area contributed by atoms with Crippen molar-refractivity contribution in [1.82, 2.24) is 14.3 Å². The molecule has 0 saturated carbocycles. The van der Waals surface area contributed by atoms with Gasteiger partial charge < -0.3 is 22.1 Å². The molecule has 0 saturated heterocycles. The predicted octanol–water partition coefficient (Wildman–Crippen LogP) is 2.63. The van der Waals surface area contributed by atoms with Gasteiger partial charge in [0.25, 0.3) is 0 Å². The van der Waals surface area contributed by atoms with Crippen LogP contribution in [0.4, 0.5) is 0 Å². The Morgan fingerprint density at radius 2 is 2.12 bits per heavy atom. The number of aromatic nitrogens is 2. The van der Waals surface area contributed by atoms with Crippen LogP contribution in [0.5, 0.6) is 0 Å². The summed E-state index contributed by atoms with van der Waals surface area (Å²) < 4.78 is 1.74. The third-order valence-corrected chi connectivity index (χ3v) is 3.58. The van der Waals surface area contributed by atoms with Gasteiger partial charge in [0.15, 0.2) is 0 Å². The lowest BCUT2D eigenvalue weighted by Crippen LogP contribution is -2.37. The first kappa shape index (κ1) is 10.5. The smallest absolute Gasteiger partial charge is 0.135 e. The van der Waals surface area contributed by atoms with Crippen LogP contribution in [0.3, 0.4) is 0 Å². The molecule has 1 aromatic heterocycles. The molecule has 1 aliphatic heterocycles. The van der Waals surface area contributed by atoms with Crippen molar-refractivity contribution in [3.05, 3.63) is 54.5 Å². The van der Waals surface area contributed by atoms with E-state index in [0.717, 1.165) is 16.9 Å². The molecule has 2 heterocycles. The first-order valence-electron chi connectivity index (χ1n) is 5.48. The number of hydrogen-bond donors (Lipinski definition) is 1.